The number of nitrogens with one attached hydrogen (secondary N) is 2. The summed E-state index contributed by atoms with van der Waals surface area (Å²) in [4.78, 5) is 38.8. The summed E-state index contributed by atoms with van der Waals surface area (Å²) in [5.74, 6) is -0.851. The topological polar surface area (TPSA) is 87.7 Å². The van der Waals surface area contributed by atoms with E-state index in [0.29, 0.717) is 23.7 Å². The van der Waals surface area contributed by atoms with Crippen LogP contribution in [0, 0.1) is 5.92 Å². The minimum atomic E-state index is -0.487. The molecule has 7 nitrogen and oxygen atoms in total. The lowest BCUT2D eigenvalue weighted by atomic mass is 9.97. The van der Waals surface area contributed by atoms with Gasteiger partial charge in [-0.1, -0.05) is 18.2 Å². The van der Waals surface area contributed by atoms with E-state index in [2.05, 4.69) is 10.6 Å². The van der Waals surface area contributed by atoms with Crippen molar-refractivity contribution in [3.05, 3.63) is 46.7 Å². The van der Waals surface area contributed by atoms with Crippen molar-refractivity contribution in [1.82, 2.24) is 4.90 Å². The lowest BCUT2D eigenvalue weighted by Gasteiger charge is -2.32. The number of esters is 1. The van der Waals surface area contributed by atoms with Gasteiger partial charge in [-0.25, -0.2) is 9.59 Å². The summed E-state index contributed by atoms with van der Waals surface area (Å²) >= 11 is 1.21. The molecule has 3 rings (SSSR count). The highest BCUT2D eigenvalue weighted by molar-refractivity contribution is 7.12. The first-order valence-electron chi connectivity index (χ1n) is 8.66. The van der Waals surface area contributed by atoms with Gasteiger partial charge in [0.25, 0.3) is 0 Å². The quantitative estimate of drug-likeness (QED) is 0.787. The van der Waals surface area contributed by atoms with E-state index >= 15 is 0 Å². The molecule has 0 saturated carbocycles. The minimum Gasteiger partial charge on any atom is -0.465 e. The van der Waals surface area contributed by atoms with Crippen LogP contribution < -0.4 is 10.6 Å². The number of likely N-dealkylation sites (tertiary alicyclic amines) is 1. The van der Waals surface area contributed by atoms with Crippen LogP contribution in [0.25, 0.3) is 0 Å². The fraction of sp³-hybridized carbons (Fsp3) is 0.316. The smallest absolute Gasteiger partial charge is 0.350 e. The van der Waals surface area contributed by atoms with Crippen molar-refractivity contribution in [2.24, 2.45) is 5.92 Å². The van der Waals surface area contributed by atoms with Crippen LogP contribution in [0.1, 0.15) is 22.5 Å². The number of hydrogen-bond donors (Lipinski definition) is 2. The molecule has 2 heterocycles. The van der Waals surface area contributed by atoms with Crippen molar-refractivity contribution < 1.29 is 19.1 Å². The zero-order valence-electron chi connectivity index (χ0n) is 14.9. The Morgan fingerprint density at radius 1 is 1.15 bits per heavy atom. The number of thiophene rings is 1. The number of benzene rings is 1. The Hall–Kier alpha value is -2.87. The Balaban J connectivity index is 1.60. The molecule has 1 aliphatic heterocycles. The number of nitrogens with zero attached hydrogens (tertiary/aromatic N) is 1. The van der Waals surface area contributed by atoms with Crippen molar-refractivity contribution in [3.8, 4) is 0 Å². The maximum Gasteiger partial charge on any atom is 0.350 e. The minimum absolute atomic E-state index is 0.0931. The van der Waals surface area contributed by atoms with Crippen LogP contribution in [0.3, 0.4) is 0 Å². The van der Waals surface area contributed by atoms with Crippen molar-refractivity contribution in [3.63, 3.8) is 0 Å². The molecule has 2 N–H and O–H groups in total. The molecule has 0 aliphatic carbocycles. The highest BCUT2D eigenvalue weighted by atomic mass is 32.1. The highest BCUT2D eigenvalue weighted by Crippen LogP contribution is 2.25. The van der Waals surface area contributed by atoms with Crippen molar-refractivity contribution in [2.45, 2.75) is 12.8 Å². The molecule has 1 saturated heterocycles. The van der Waals surface area contributed by atoms with Crippen LogP contribution in [-0.2, 0) is 9.53 Å². The number of urea groups is 1. The number of ether oxygens (including phenoxy) is 1. The first-order valence-corrected chi connectivity index (χ1v) is 9.54. The highest BCUT2D eigenvalue weighted by Gasteiger charge is 2.29. The van der Waals surface area contributed by atoms with Gasteiger partial charge >= 0.3 is 12.0 Å². The van der Waals surface area contributed by atoms with E-state index in [0.717, 1.165) is 18.5 Å². The van der Waals surface area contributed by atoms with E-state index in [1.165, 1.54) is 18.4 Å². The fourth-order valence-corrected chi connectivity index (χ4v) is 3.76. The van der Waals surface area contributed by atoms with Gasteiger partial charge in [0.1, 0.15) is 4.88 Å². The van der Waals surface area contributed by atoms with E-state index < -0.39 is 5.97 Å². The summed E-state index contributed by atoms with van der Waals surface area (Å²) in [5, 5.41) is 7.36. The second kappa shape index (κ2) is 8.68. The fourth-order valence-electron chi connectivity index (χ4n) is 2.99. The summed E-state index contributed by atoms with van der Waals surface area (Å²) in [7, 11) is 1.30. The Morgan fingerprint density at radius 3 is 2.67 bits per heavy atom. The average molecular weight is 387 g/mol. The Labute approximate surface area is 161 Å². The number of amides is 3. The lowest BCUT2D eigenvalue weighted by Crippen LogP contribution is -2.45. The van der Waals surface area contributed by atoms with Crippen molar-refractivity contribution in [1.29, 1.82) is 0 Å². The van der Waals surface area contributed by atoms with E-state index in [1.54, 1.807) is 16.3 Å². The van der Waals surface area contributed by atoms with E-state index in [-0.39, 0.29) is 17.9 Å². The molecule has 0 radical (unpaired) electrons. The van der Waals surface area contributed by atoms with Crippen LogP contribution in [0.15, 0.2) is 41.8 Å². The van der Waals surface area contributed by atoms with Crippen LogP contribution in [-0.4, -0.2) is 43.0 Å². The summed E-state index contributed by atoms with van der Waals surface area (Å²) < 4.78 is 4.72. The maximum absolute atomic E-state index is 12.6. The van der Waals surface area contributed by atoms with Crippen LogP contribution >= 0.6 is 11.3 Å². The number of hydrogen-bond acceptors (Lipinski definition) is 5. The van der Waals surface area contributed by atoms with Gasteiger partial charge in [-0.05, 0) is 36.4 Å². The monoisotopic (exact) mass is 387 g/mol. The summed E-state index contributed by atoms with van der Waals surface area (Å²) in [6.45, 7) is 0.904. The third kappa shape index (κ3) is 4.65. The van der Waals surface area contributed by atoms with E-state index in [1.807, 2.05) is 30.3 Å². The third-order valence-corrected chi connectivity index (χ3v) is 5.29. The number of methoxy groups -OCH3 is 1. The molecule has 27 heavy (non-hydrogen) atoms. The molecular formula is C19H21N3O4S. The van der Waals surface area contributed by atoms with Gasteiger partial charge in [-0.2, -0.15) is 0 Å². The molecule has 0 unspecified atom stereocenters. The Morgan fingerprint density at radius 2 is 1.93 bits per heavy atom. The summed E-state index contributed by atoms with van der Waals surface area (Å²) in [5.41, 5.74) is 1.16. The van der Waals surface area contributed by atoms with Crippen molar-refractivity contribution >= 4 is 40.6 Å². The molecule has 0 bridgehead atoms. The second-order valence-corrected chi connectivity index (χ2v) is 7.14. The average Bonchev–Trinajstić information content (AvgIpc) is 3.16. The number of rotatable bonds is 4. The van der Waals surface area contributed by atoms with Gasteiger partial charge in [0.15, 0.2) is 0 Å². The molecule has 1 aromatic heterocycles. The number of para-hydroxylation sites is 1. The zero-order valence-corrected chi connectivity index (χ0v) is 15.8. The zero-order chi connectivity index (χ0) is 19.2. The normalized spacial score (nSPS) is 16.5. The predicted octanol–water partition coefficient (Wildman–Crippen LogP) is 3.42. The third-order valence-electron chi connectivity index (χ3n) is 4.40. The van der Waals surface area contributed by atoms with Gasteiger partial charge < -0.3 is 20.3 Å². The molecule has 1 aliphatic rings. The van der Waals surface area contributed by atoms with Gasteiger partial charge in [0, 0.05) is 18.8 Å². The largest absolute Gasteiger partial charge is 0.465 e. The number of carbonyl (C=O) groups is 3. The van der Waals surface area contributed by atoms with Gasteiger partial charge in [-0.3, -0.25) is 4.79 Å². The van der Waals surface area contributed by atoms with Crippen LogP contribution in [0.2, 0.25) is 0 Å². The Bertz CT molecular complexity index is 821. The number of carbonyl (C=O) groups excluding carboxylic acids is 3. The second-order valence-electron chi connectivity index (χ2n) is 6.23. The molecule has 142 valence electrons. The van der Waals surface area contributed by atoms with E-state index in [9.17, 15) is 14.4 Å². The first-order chi connectivity index (χ1) is 13.1. The summed E-state index contributed by atoms with van der Waals surface area (Å²) in [6.07, 6.45) is 1.47. The standard InChI is InChI=1S/C19H21N3O4S/c1-26-18(24)16-15(9-11-27-16)21-19(25)22-10-5-6-13(12-22)17(23)20-14-7-3-2-4-8-14/h2-4,7-9,11,13H,5-6,10,12H2,1H3,(H,20,23)(H,21,25)/t13-/m1/s1. The predicted molar refractivity (Wildman–Crippen MR) is 104 cm³/mol. The molecular weight excluding hydrogens is 366 g/mol. The maximum atomic E-state index is 12.6. The van der Waals surface area contributed by atoms with E-state index in [4.69, 9.17) is 4.74 Å². The molecule has 1 aromatic carbocycles. The van der Waals surface area contributed by atoms with Gasteiger partial charge in [-0.15, -0.1) is 11.3 Å². The van der Waals surface area contributed by atoms with Crippen molar-refractivity contribution in [2.75, 3.05) is 30.8 Å². The van der Waals surface area contributed by atoms with Gasteiger partial charge in [0.2, 0.25) is 5.91 Å². The first kappa shape index (κ1) is 18.9. The molecule has 0 spiro atoms. The molecule has 1 atom stereocenters. The van der Waals surface area contributed by atoms with Crippen LogP contribution in [0.5, 0.6) is 0 Å². The molecule has 3 amide bonds. The molecule has 8 heteroatoms. The van der Waals surface area contributed by atoms with Crippen LogP contribution in [0.4, 0.5) is 16.2 Å². The summed E-state index contributed by atoms with van der Waals surface area (Å²) in [6, 6.07) is 10.6. The Kier molecular flexibility index (Phi) is 6.08. The number of anilines is 2. The SMILES string of the molecule is COC(=O)c1sccc1NC(=O)N1CCC[C@@H](C(=O)Nc2ccccc2)C1. The molecule has 1 fully saturated rings. The lowest BCUT2D eigenvalue weighted by molar-refractivity contribution is -0.121. The molecule has 2 aromatic rings. The number of piperidine rings is 1. The van der Waals surface area contributed by atoms with Gasteiger partial charge in [0.05, 0.1) is 18.7 Å².